The molecule has 0 saturated heterocycles. The standard InChI is InChI=1S/C9H16N2O2S/c1-3-9-10-8(11-13-9)6-14-7(2)4-5-12/h7,12H,3-6H2,1-2H3. The molecule has 0 aliphatic heterocycles. The molecule has 0 aliphatic carbocycles. The molecule has 14 heavy (non-hydrogen) atoms. The number of nitrogens with zero attached hydrogens (tertiary/aromatic N) is 2. The second kappa shape index (κ2) is 6.03. The second-order valence-corrected chi connectivity index (χ2v) is 4.52. The Labute approximate surface area is 88.1 Å². The van der Waals surface area contributed by atoms with Crippen molar-refractivity contribution in [2.75, 3.05) is 6.61 Å². The van der Waals surface area contributed by atoms with Gasteiger partial charge in [-0.25, -0.2) is 0 Å². The fourth-order valence-corrected chi connectivity index (χ4v) is 1.80. The quantitative estimate of drug-likeness (QED) is 0.783. The number of aliphatic hydroxyl groups excluding tert-OH is 1. The van der Waals surface area contributed by atoms with Crippen LogP contribution in [-0.2, 0) is 12.2 Å². The Kier molecular flexibility index (Phi) is 4.97. The highest BCUT2D eigenvalue weighted by molar-refractivity contribution is 7.99. The Hall–Kier alpha value is -0.550. The maximum Gasteiger partial charge on any atom is 0.226 e. The van der Waals surface area contributed by atoms with Crippen LogP contribution in [0, 0.1) is 0 Å². The normalized spacial score (nSPS) is 13.1. The van der Waals surface area contributed by atoms with Crippen LogP contribution in [0.4, 0.5) is 0 Å². The summed E-state index contributed by atoms with van der Waals surface area (Å²) in [7, 11) is 0. The molecule has 0 aromatic carbocycles. The molecule has 1 atom stereocenters. The molecule has 80 valence electrons. The molecular formula is C9H16N2O2S. The van der Waals surface area contributed by atoms with E-state index < -0.39 is 0 Å². The lowest BCUT2D eigenvalue weighted by Crippen LogP contribution is -2.00. The number of aliphatic hydroxyl groups is 1. The van der Waals surface area contributed by atoms with Gasteiger partial charge in [0.05, 0.1) is 5.75 Å². The van der Waals surface area contributed by atoms with Crippen LogP contribution in [0.3, 0.4) is 0 Å². The summed E-state index contributed by atoms with van der Waals surface area (Å²) in [5, 5.41) is 13.0. The molecular weight excluding hydrogens is 200 g/mol. The molecule has 0 fully saturated rings. The lowest BCUT2D eigenvalue weighted by molar-refractivity contribution is 0.289. The van der Waals surface area contributed by atoms with E-state index in [0.717, 1.165) is 24.4 Å². The van der Waals surface area contributed by atoms with Gasteiger partial charge in [-0.15, -0.1) is 0 Å². The highest BCUT2D eigenvalue weighted by atomic mass is 32.2. The van der Waals surface area contributed by atoms with Crippen LogP contribution < -0.4 is 0 Å². The fourth-order valence-electron chi connectivity index (χ4n) is 0.974. The molecule has 0 bridgehead atoms. The molecule has 1 aromatic rings. The summed E-state index contributed by atoms with van der Waals surface area (Å²) in [5.74, 6) is 2.19. The van der Waals surface area contributed by atoms with E-state index in [1.54, 1.807) is 11.8 Å². The first-order valence-electron chi connectivity index (χ1n) is 4.80. The van der Waals surface area contributed by atoms with Crippen LogP contribution >= 0.6 is 11.8 Å². The lowest BCUT2D eigenvalue weighted by atomic mass is 10.3. The molecule has 5 heteroatoms. The van der Waals surface area contributed by atoms with E-state index in [1.807, 2.05) is 6.92 Å². The van der Waals surface area contributed by atoms with Crippen LogP contribution in [0.2, 0.25) is 0 Å². The molecule has 0 amide bonds. The van der Waals surface area contributed by atoms with Crippen LogP contribution in [0.5, 0.6) is 0 Å². The zero-order valence-corrected chi connectivity index (χ0v) is 9.38. The molecule has 1 heterocycles. The summed E-state index contributed by atoms with van der Waals surface area (Å²) in [6, 6.07) is 0. The number of aryl methyl sites for hydroxylation is 1. The summed E-state index contributed by atoms with van der Waals surface area (Å²) in [6.07, 6.45) is 1.59. The predicted octanol–water partition coefficient (Wildman–Crippen LogP) is 1.64. The molecule has 0 spiro atoms. The first-order chi connectivity index (χ1) is 6.76. The molecule has 1 aromatic heterocycles. The summed E-state index contributed by atoms with van der Waals surface area (Å²) in [5.41, 5.74) is 0. The van der Waals surface area contributed by atoms with Crippen molar-refractivity contribution in [1.29, 1.82) is 0 Å². The van der Waals surface area contributed by atoms with Gasteiger partial charge in [-0.3, -0.25) is 0 Å². The van der Waals surface area contributed by atoms with Gasteiger partial charge in [0.1, 0.15) is 0 Å². The van der Waals surface area contributed by atoms with Crippen molar-refractivity contribution in [3.8, 4) is 0 Å². The molecule has 1 unspecified atom stereocenters. The average molecular weight is 216 g/mol. The maximum atomic E-state index is 8.71. The van der Waals surface area contributed by atoms with Crippen LogP contribution in [0.1, 0.15) is 32.0 Å². The van der Waals surface area contributed by atoms with Crippen molar-refractivity contribution in [3.05, 3.63) is 11.7 Å². The van der Waals surface area contributed by atoms with Crippen LogP contribution in [0.25, 0.3) is 0 Å². The largest absolute Gasteiger partial charge is 0.396 e. The van der Waals surface area contributed by atoms with E-state index in [-0.39, 0.29) is 6.61 Å². The first kappa shape index (κ1) is 11.5. The van der Waals surface area contributed by atoms with Crippen molar-refractivity contribution in [1.82, 2.24) is 10.1 Å². The summed E-state index contributed by atoms with van der Waals surface area (Å²) >= 11 is 1.73. The molecule has 4 nitrogen and oxygen atoms in total. The minimum absolute atomic E-state index is 0.237. The Balaban J connectivity index is 2.30. The van der Waals surface area contributed by atoms with Gasteiger partial charge in [0.25, 0.3) is 0 Å². The molecule has 0 aliphatic rings. The minimum atomic E-state index is 0.237. The minimum Gasteiger partial charge on any atom is -0.396 e. The molecule has 0 radical (unpaired) electrons. The third-order valence-electron chi connectivity index (χ3n) is 1.85. The van der Waals surface area contributed by atoms with Gasteiger partial charge in [-0.05, 0) is 6.42 Å². The fraction of sp³-hybridized carbons (Fsp3) is 0.778. The van der Waals surface area contributed by atoms with Crippen LogP contribution in [0.15, 0.2) is 4.52 Å². The van der Waals surface area contributed by atoms with E-state index >= 15 is 0 Å². The van der Waals surface area contributed by atoms with E-state index in [9.17, 15) is 0 Å². The van der Waals surface area contributed by atoms with E-state index in [4.69, 9.17) is 9.63 Å². The third-order valence-corrected chi connectivity index (χ3v) is 3.07. The van der Waals surface area contributed by atoms with Crippen molar-refractivity contribution in [3.63, 3.8) is 0 Å². The number of aromatic nitrogens is 2. The van der Waals surface area contributed by atoms with E-state index in [1.165, 1.54) is 0 Å². The number of thioether (sulfide) groups is 1. The third kappa shape index (κ3) is 3.67. The second-order valence-electron chi connectivity index (χ2n) is 3.09. The maximum absolute atomic E-state index is 8.71. The van der Waals surface area contributed by atoms with Gasteiger partial charge in [0.15, 0.2) is 5.82 Å². The van der Waals surface area contributed by atoms with Gasteiger partial charge in [-0.1, -0.05) is 19.0 Å². The highest BCUT2D eigenvalue weighted by Gasteiger charge is 2.07. The average Bonchev–Trinajstić information content (AvgIpc) is 2.63. The zero-order valence-electron chi connectivity index (χ0n) is 8.56. The SMILES string of the molecule is CCc1nc(CSC(C)CCO)no1. The van der Waals surface area contributed by atoms with Gasteiger partial charge >= 0.3 is 0 Å². The lowest BCUT2D eigenvalue weighted by Gasteiger charge is -2.06. The van der Waals surface area contributed by atoms with Gasteiger partial charge in [-0.2, -0.15) is 16.7 Å². The molecule has 0 saturated carbocycles. The van der Waals surface area contributed by atoms with Crippen molar-refractivity contribution < 1.29 is 9.63 Å². The molecule has 1 rings (SSSR count). The summed E-state index contributed by atoms with van der Waals surface area (Å²) < 4.78 is 4.98. The van der Waals surface area contributed by atoms with E-state index in [0.29, 0.717) is 11.1 Å². The number of hydrogen-bond donors (Lipinski definition) is 1. The summed E-state index contributed by atoms with van der Waals surface area (Å²) in [4.78, 5) is 4.20. The Morgan fingerprint density at radius 2 is 2.36 bits per heavy atom. The number of rotatable bonds is 6. The van der Waals surface area contributed by atoms with Crippen molar-refractivity contribution in [2.24, 2.45) is 0 Å². The van der Waals surface area contributed by atoms with E-state index in [2.05, 4.69) is 17.1 Å². The Morgan fingerprint density at radius 3 is 2.93 bits per heavy atom. The predicted molar refractivity (Wildman–Crippen MR) is 56.1 cm³/mol. The van der Waals surface area contributed by atoms with Gasteiger partial charge < -0.3 is 9.63 Å². The summed E-state index contributed by atoms with van der Waals surface area (Å²) in [6.45, 7) is 4.31. The molecule has 1 N–H and O–H groups in total. The monoisotopic (exact) mass is 216 g/mol. The Bertz CT molecular complexity index is 265. The smallest absolute Gasteiger partial charge is 0.226 e. The van der Waals surface area contributed by atoms with Crippen molar-refractivity contribution >= 4 is 11.8 Å². The first-order valence-corrected chi connectivity index (χ1v) is 5.85. The van der Waals surface area contributed by atoms with Gasteiger partial charge in [0.2, 0.25) is 5.89 Å². The van der Waals surface area contributed by atoms with Crippen LogP contribution in [-0.4, -0.2) is 27.1 Å². The van der Waals surface area contributed by atoms with Gasteiger partial charge in [0, 0.05) is 18.3 Å². The highest BCUT2D eigenvalue weighted by Crippen LogP contribution is 2.17. The van der Waals surface area contributed by atoms with Crippen molar-refractivity contribution in [2.45, 2.75) is 37.7 Å². The topological polar surface area (TPSA) is 59.2 Å². The number of hydrogen-bond acceptors (Lipinski definition) is 5. The zero-order chi connectivity index (χ0) is 10.4. The Morgan fingerprint density at radius 1 is 1.57 bits per heavy atom.